The summed E-state index contributed by atoms with van der Waals surface area (Å²) in [4.78, 5) is 9.59. The molecule has 3 heteroatoms. The lowest BCUT2D eigenvalue weighted by molar-refractivity contribution is 0.0960. The van der Waals surface area contributed by atoms with Crippen molar-refractivity contribution in [1.82, 2.24) is 14.8 Å². The molecule has 1 aliphatic heterocycles. The summed E-state index contributed by atoms with van der Waals surface area (Å²) in [6, 6.07) is 6.19. The molecule has 1 aliphatic carbocycles. The highest BCUT2D eigenvalue weighted by molar-refractivity contribution is 5.03. The molecule has 0 unspecified atom stereocenters. The van der Waals surface area contributed by atoms with E-state index >= 15 is 0 Å². The predicted octanol–water partition coefficient (Wildman–Crippen LogP) is 2.00. The maximum absolute atomic E-state index is 4.41. The van der Waals surface area contributed by atoms with Crippen molar-refractivity contribution < 1.29 is 0 Å². The van der Waals surface area contributed by atoms with Gasteiger partial charge in [-0.25, -0.2) is 0 Å². The molecule has 18 heavy (non-hydrogen) atoms. The molecule has 98 valence electrons. The molecular weight excluding hydrogens is 222 g/mol. The van der Waals surface area contributed by atoms with Gasteiger partial charge in [0, 0.05) is 45.5 Å². The molecule has 0 N–H and O–H groups in total. The first-order valence-corrected chi connectivity index (χ1v) is 7.25. The molecule has 2 fully saturated rings. The Morgan fingerprint density at radius 1 is 1.06 bits per heavy atom. The Morgan fingerprint density at radius 2 is 1.83 bits per heavy atom. The van der Waals surface area contributed by atoms with Gasteiger partial charge >= 0.3 is 0 Å². The van der Waals surface area contributed by atoms with E-state index in [-0.39, 0.29) is 0 Å². The third-order valence-corrected chi connectivity index (χ3v) is 4.32. The molecule has 0 atom stereocenters. The van der Waals surface area contributed by atoms with Crippen LogP contribution in [0.4, 0.5) is 0 Å². The second-order valence-electron chi connectivity index (χ2n) is 5.69. The third kappa shape index (κ3) is 3.09. The molecule has 0 bridgehead atoms. The number of rotatable bonds is 4. The average molecular weight is 245 g/mol. The van der Waals surface area contributed by atoms with Crippen LogP contribution in [0, 0.1) is 5.92 Å². The summed E-state index contributed by atoms with van der Waals surface area (Å²) in [7, 11) is 0. The molecule has 0 radical (unpaired) electrons. The van der Waals surface area contributed by atoms with E-state index < -0.39 is 0 Å². The zero-order valence-corrected chi connectivity index (χ0v) is 11.1. The molecule has 2 aliphatic rings. The van der Waals surface area contributed by atoms with Gasteiger partial charge in [-0.15, -0.1) is 0 Å². The first-order chi connectivity index (χ1) is 8.90. The number of hydrogen-bond donors (Lipinski definition) is 0. The maximum atomic E-state index is 4.41. The van der Waals surface area contributed by atoms with Gasteiger partial charge in [0.2, 0.25) is 0 Å². The Hall–Kier alpha value is -0.930. The highest BCUT2D eigenvalue weighted by Gasteiger charge is 2.23. The Labute approximate surface area is 110 Å². The molecule has 2 heterocycles. The Kier molecular flexibility index (Phi) is 3.91. The summed E-state index contributed by atoms with van der Waals surface area (Å²) in [6.45, 7) is 7.23. The van der Waals surface area contributed by atoms with E-state index in [9.17, 15) is 0 Å². The van der Waals surface area contributed by atoms with Crippen LogP contribution in [0.1, 0.15) is 25.0 Å². The topological polar surface area (TPSA) is 19.4 Å². The van der Waals surface area contributed by atoms with E-state index in [4.69, 9.17) is 0 Å². The third-order valence-electron chi connectivity index (χ3n) is 4.32. The van der Waals surface area contributed by atoms with Crippen molar-refractivity contribution in [2.75, 3.05) is 32.7 Å². The number of nitrogens with zero attached hydrogens (tertiary/aromatic N) is 3. The van der Waals surface area contributed by atoms with E-state index in [1.807, 2.05) is 12.3 Å². The quantitative estimate of drug-likeness (QED) is 0.809. The summed E-state index contributed by atoms with van der Waals surface area (Å²) in [5, 5.41) is 0. The van der Waals surface area contributed by atoms with Crippen molar-refractivity contribution in [3.05, 3.63) is 30.1 Å². The summed E-state index contributed by atoms with van der Waals surface area (Å²) in [6.07, 6.45) is 6.29. The lowest BCUT2D eigenvalue weighted by atomic mass is 9.85. The number of pyridine rings is 1. The molecule has 1 saturated carbocycles. The van der Waals surface area contributed by atoms with E-state index in [0.717, 1.165) is 12.5 Å². The van der Waals surface area contributed by atoms with Crippen LogP contribution in [-0.2, 0) is 6.54 Å². The molecule has 1 aromatic rings. The van der Waals surface area contributed by atoms with E-state index in [2.05, 4.69) is 26.9 Å². The largest absolute Gasteiger partial charge is 0.301 e. The Morgan fingerprint density at radius 3 is 2.44 bits per heavy atom. The van der Waals surface area contributed by atoms with Crippen LogP contribution < -0.4 is 0 Å². The molecule has 0 aromatic carbocycles. The van der Waals surface area contributed by atoms with Gasteiger partial charge in [0.15, 0.2) is 0 Å². The van der Waals surface area contributed by atoms with Gasteiger partial charge in [0.05, 0.1) is 5.69 Å². The van der Waals surface area contributed by atoms with Gasteiger partial charge in [-0.1, -0.05) is 12.5 Å². The van der Waals surface area contributed by atoms with Gasteiger partial charge in [0.25, 0.3) is 0 Å². The Bertz CT molecular complexity index is 353. The maximum Gasteiger partial charge on any atom is 0.0543 e. The summed E-state index contributed by atoms with van der Waals surface area (Å²) < 4.78 is 0. The molecule has 1 saturated heterocycles. The fourth-order valence-corrected chi connectivity index (χ4v) is 2.89. The van der Waals surface area contributed by atoms with Crippen molar-refractivity contribution in [3.8, 4) is 0 Å². The molecule has 0 amide bonds. The fourth-order valence-electron chi connectivity index (χ4n) is 2.89. The van der Waals surface area contributed by atoms with Gasteiger partial charge < -0.3 is 4.90 Å². The predicted molar refractivity (Wildman–Crippen MR) is 73.3 cm³/mol. The van der Waals surface area contributed by atoms with Crippen molar-refractivity contribution in [3.63, 3.8) is 0 Å². The van der Waals surface area contributed by atoms with Crippen LogP contribution in [0.15, 0.2) is 24.4 Å². The minimum Gasteiger partial charge on any atom is -0.301 e. The van der Waals surface area contributed by atoms with Gasteiger partial charge in [-0.05, 0) is 30.9 Å². The van der Waals surface area contributed by atoms with E-state index in [0.29, 0.717) is 0 Å². The smallest absolute Gasteiger partial charge is 0.0543 e. The molecule has 1 aromatic heterocycles. The number of hydrogen-bond acceptors (Lipinski definition) is 3. The normalized spacial score (nSPS) is 22.9. The van der Waals surface area contributed by atoms with Crippen LogP contribution >= 0.6 is 0 Å². The van der Waals surface area contributed by atoms with Crippen LogP contribution in [-0.4, -0.2) is 47.5 Å². The first-order valence-electron chi connectivity index (χ1n) is 7.25. The minimum atomic E-state index is 1.01. The van der Waals surface area contributed by atoms with Crippen LogP contribution in [0.3, 0.4) is 0 Å². The highest BCUT2D eigenvalue weighted by atomic mass is 15.3. The summed E-state index contributed by atoms with van der Waals surface area (Å²) in [5.74, 6) is 1.01. The standard InChI is InChI=1S/C15H23N3/c1-2-7-16-15(6-1)13-18-10-8-17(9-11-18)12-14-4-3-5-14/h1-2,6-7,14H,3-5,8-13H2. The first kappa shape index (κ1) is 12.1. The van der Waals surface area contributed by atoms with Crippen molar-refractivity contribution in [1.29, 1.82) is 0 Å². The Balaban J connectivity index is 1.42. The summed E-state index contributed by atoms with van der Waals surface area (Å²) in [5.41, 5.74) is 1.20. The molecule has 3 rings (SSSR count). The monoisotopic (exact) mass is 245 g/mol. The van der Waals surface area contributed by atoms with Crippen LogP contribution in [0.2, 0.25) is 0 Å². The van der Waals surface area contributed by atoms with Crippen LogP contribution in [0.5, 0.6) is 0 Å². The number of aromatic nitrogens is 1. The second-order valence-corrected chi connectivity index (χ2v) is 5.69. The minimum absolute atomic E-state index is 1.01. The van der Waals surface area contributed by atoms with Crippen molar-refractivity contribution >= 4 is 0 Å². The SMILES string of the molecule is c1ccc(CN2CCN(CC3CCC3)CC2)nc1. The fraction of sp³-hybridized carbons (Fsp3) is 0.667. The van der Waals surface area contributed by atoms with Crippen molar-refractivity contribution in [2.24, 2.45) is 5.92 Å². The van der Waals surface area contributed by atoms with Crippen LogP contribution in [0.25, 0.3) is 0 Å². The van der Waals surface area contributed by atoms with Gasteiger partial charge in [-0.3, -0.25) is 9.88 Å². The van der Waals surface area contributed by atoms with Gasteiger partial charge in [-0.2, -0.15) is 0 Å². The molecule has 3 nitrogen and oxygen atoms in total. The second kappa shape index (κ2) is 5.81. The lowest BCUT2D eigenvalue weighted by Gasteiger charge is -2.38. The van der Waals surface area contributed by atoms with Gasteiger partial charge in [0.1, 0.15) is 0 Å². The lowest BCUT2D eigenvalue weighted by Crippen LogP contribution is -2.47. The average Bonchev–Trinajstić information content (AvgIpc) is 2.37. The number of piperazine rings is 1. The van der Waals surface area contributed by atoms with E-state index in [1.54, 1.807) is 0 Å². The highest BCUT2D eigenvalue weighted by Crippen LogP contribution is 2.27. The van der Waals surface area contributed by atoms with E-state index in [1.165, 1.54) is 57.7 Å². The van der Waals surface area contributed by atoms with Crippen molar-refractivity contribution in [2.45, 2.75) is 25.8 Å². The molecule has 0 spiro atoms. The zero-order chi connectivity index (χ0) is 12.2. The zero-order valence-electron chi connectivity index (χ0n) is 11.1. The molecular formula is C15H23N3. The summed E-state index contributed by atoms with van der Waals surface area (Å²) >= 11 is 0.